The van der Waals surface area contributed by atoms with Crippen LogP contribution in [0.2, 0.25) is 0 Å². The molecule has 1 nitrogen and oxygen atoms in total. The topological polar surface area (TPSA) is 17.1 Å². The molecule has 21 heavy (non-hydrogen) atoms. The van der Waals surface area contributed by atoms with E-state index in [0.29, 0.717) is 11.7 Å². The summed E-state index contributed by atoms with van der Waals surface area (Å²) in [7, 11) is 0. The zero-order valence-electron chi connectivity index (χ0n) is 14.1. The maximum atomic E-state index is 12.7. The van der Waals surface area contributed by atoms with Gasteiger partial charge in [0, 0.05) is 12.3 Å². The van der Waals surface area contributed by atoms with Gasteiger partial charge in [-0.2, -0.15) is 0 Å². The molecule has 2 fully saturated rings. The zero-order chi connectivity index (χ0) is 14.8. The van der Waals surface area contributed by atoms with Crippen molar-refractivity contribution < 1.29 is 4.79 Å². The second-order valence-electron chi connectivity index (χ2n) is 7.55. The van der Waals surface area contributed by atoms with E-state index in [4.69, 9.17) is 0 Å². The molecule has 0 aromatic rings. The molecule has 1 atom stereocenters. The quantitative estimate of drug-likeness (QED) is 0.543. The second kappa shape index (κ2) is 10.4. The Balaban J connectivity index is 1.92. The minimum Gasteiger partial charge on any atom is -0.299 e. The van der Waals surface area contributed by atoms with Gasteiger partial charge in [0.15, 0.2) is 0 Å². The summed E-state index contributed by atoms with van der Waals surface area (Å²) in [5.41, 5.74) is 0. The van der Waals surface area contributed by atoms with Crippen LogP contribution in [0.25, 0.3) is 0 Å². The lowest BCUT2D eigenvalue weighted by Crippen LogP contribution is -2.25. The van der Waals surface area contributed by atoms with E-state index >= 15 is 0 Å². The summed E-state index contributed by atoms with van der Waals surface area (Å²) in [4.78, 5) is 12.7. The van der Waals surface area contributed by atoms with Gasteiger partial charge in [-0.15, -0.1) is 0 Å². The first-order valence-corrected chi connectivity index (χ1v) is 9.90. The van der Waals surface area contributed by atoms with Crippen LogP contribution in [0.4, 0.5) is 0 Å². The van der Waals surface area contributed by atoms with Crippen LogP contribution in [-0.2, 0) is 4.79 Å². The summed E-state index contributed by atoms with van der Waals surface area (Å²) in [6.45, 7) is 0. The SMILES string of the molecule is O=C1CCCCCCCCC1C1CCCCCCCCC1. The zero-order valence-corrected chi connectivity index (χ0v) is 14.1. The molecule has 0 heterocycles. The van der Waals surface area contributed by atoms with E-state index in [9.17, 15) is 4.79 Å². The fourth-order valence-electron chi connectivity index (χ4n) is 4.46. The van der Waals surface area contributed by atoms with E-state index in [1.54, 1.807) is 0 Å². The summed E-state index contributed by atoms with van der Waals surface area (Å²) < 4.78 is 0. The van der Waals surface area contributed by atoms with Crippen LogP contribution in [0.1, 0.15) is 109 Å². The lowest BCUT2D eigenvalue weighted by Gasteiger charge is -2.28. The van der Waals surface area contributed by atoms with Crippen molar-refractivity contribution in [2.24, 2.45) is 11.8 Å². The molecule has 0 spiro atoms. The van der Waals surface area contributed by atoms with E-state index in [2.05, 4.69) is 0 Å². The molecule has 1 unspecified atom stereocenters. The molecule has 122 valence electrons. The molecule has 0 amide bonds. The average molecular weight is 293 g/mol. The summed E-state index contributed by atoms with van der Waals surface area (Å²) >= 11 is 0. The van der Waals surface area contributed by atoms with Crippen molar-refractivity contribution in [2.45, 2.75) is 109 Å². The summed E-state index contributed by atoms with van der Waals surface area (Å²) in [5.74, 6) is 1.76. The van der Waals surface area contributed by atoms with E-state index in [-0.39, 0.29) is 0 Å². The molecule has 2 saturated carbocycles. The van der Waals surface area contributed by atoms with E-state index in [0.717, 1.165) is 18.8 Å². The highest BCUT2D eigenvalue weighted by Gasteiger charge is 2.27. The number of hydrogen-bond acceptors (Lipinski definition) is 1. The van der Waals surface area contributed by atoms with Crippen LogP contribution >= 0.6 is 0 Å². The van der Waals surface area contributed by atoms with Gasteiger partial charge in [-0.3, -0.25) is 4.79 Å². The van der Waals surface area contributed by atoms with Crippen LogP contribution in [-0.4, -0.2) is 5.78 Å². The average Bonchev–Trinajstić information content (AvgIpc) is 2.51. The van der Waals surface area contributed by atoms with Gasteiger partial charge in [0.25, 0.3) is 0 Å². The van der Waals surface area contributed by atoms with E-state index in [1.165, 1.54) is 96.3 Å². The molecular weight excluding hydrogens is 256 g/mol. The van der Waals surface area contributed by atoms with Gasteiger partial charge >= 0.3 is 0 Å². The van der Waals surface area contributed by atoms with Gasteiger partial charge in [0.2, 0.25) is 0 Å². The van der Waals surface area contributed by atoms with Crippen LogP contribution in [0.5, 0.6) is 0 Å². The van der Waals surface area contributed by atoms with Gasteiger partial charge in [-0.25, -0.2) is 0 Å². The Morgan fingerprint density at radius 2 is 0.952 bits per heavy atom. The number of Topliss-reactive ketones (excluding diaryl/α,β-unsaturated/α-hetero) is 1. The number of hydrogen-bond donors (Lipinski definition) is 0. The Kier molecular flexibility index (Phi) is 8.44. The predicted octanol–water partition coefficient (Wildman–Crippen LogP) is 6.45. The lowest BCUT2D eigenvalue weighted by molar-refractivity contribution is -0.125. The van der Waals surface area contributed by atoms with Crippen molar-refractivity contribution in [3.05, 3.63) is 0 Å². The molecule has 0 aromatic heterocycles. The van der Waals surface area contributed by atoms with Crippen molar-refractivity contribution in [2.75, 3.05) is 0 Å². The van der Waals surface area contributed by atoms with Crippen molar-refractivity contribution in [3.8, 4) is 0 Å². The monoisotopic (exact) mass is 292 g/mol. The normalized spacial score (nSPS) is 29.0. The molecule has 0 aliphatic heterocycles. The van der Waals surface area contributed by atoms with Crippen molar-refractivity contribution in [3.63, 3.8) is 0 Å². The van der Waals surface area contributed by atoms with Gasteiger partial charge in [-0.05, 0) is 31.6 Å². The minimum atomic E-state index is 0.419. The number of carbonyl (C=O) groups excluding carboxylic acids is 1. The highest BCUT2D eigenvalue weighted by molar-refractivity contribution is 5.81. The van der Waals surface area contributed by atoms with Gasteiger partial charge in [0.05, 0.1) is 0 Å². The molecule has 2 aliphatic rings. The van der Waals surface area contributed by atoms with Crippen LogP contribution in [0, 0.1) is 11.8 Å². The summed E-state index contributed by atoms with van der Waals surface area (Å²) in [6, 6.07) is 0. The van der Waals surface area contributed by atoms with Crippen molar-refractivity contribution in [1.29, 1.82) is 0 Å². The second-order valence-corrected chi connectivity index (χ2v) is 7.55. The maximum Gasteiger partial charge on any atom is 0.136 e. The summed E-state index contributed by atoms with van der Waals surface area (Å²) in [6.07, 6.45) is 22.4. The minimum absolute atomic E-state index is 0.419. The van der Waals surface area contributed by atoms with Gasteiger partial charge in [0.1, 0.15) is 5.78 Å². The Labute approximate surface area is 132 Å². The first-order valence-electron chi connectivity index (χ1n) is 9.90. The van der Waals surface area contributed by atoms with E-state index < -0.39 is 0 Å². The predicted molar refractivity (Wildman–Crippen MR) is 90.5 cm³/mol. The first-order chi connectivity index (χ1) is 10.4. The van der Waals surface area contributed by atoms with Crippen molar-refractivity contribution >= 4 is 5.78 Å². The van der Waals surface area contributed by atoms with Gasteiger partial charge < -0.3 is 0 Å². The number of rotatable bonds is 1. The third-order valence-electron chi connectivity index (χ3n) is 5.82. The van der Waals surface area contributed by atoms with Crippen LogP contribution in [0.15, 0.2) is 0 Å². The highest BCUT2D eigenvalue weighted by atomic mass is 16.1. The Bertz CT molecular complexity index is 274. The molecule has 0 bridgehead atoms. The largest absolute Gasteiger partial charge is 0.299 e. The standard InChI is InChI=1S/C20H36O/c21-20-17-13-9-5-4-8-12-16-19(20)18-14-10-6-2-1-3-7-11-15-18/h18-19H,1-17H2. The molecule has 0 radical (unpaired) electrons. The van der Waals surface area contributed by atoms with Crippen LogP contribution in [0.3, 0.4) is 0 Å². The van der Waals surface area contributed by atoms with E-state index in [1.807, 2.05) is 0 Å². The first kappa shape index (κ1) is 17.0. The molecular formula is C20H36O. The molecule has 2 aliphatic carbocycles. The Hall–Kier alpha value is -0.330. The molecule has 2 rings (SSSR count). The molecule has 1 heteroatoms. The highest BCUT2D eigenvalue weighted by Crippen LogP contribution is 2.33. The number of ketones is 1. The fourth-order valence-corrected chi connectivity index (χ4v) is 4.46. The Morgan fingerprint density at radius 1 is 0.524 bits per heavy atom. The summed E-state index contributed by atoms with van der Waals surface area (Å²) in [5, 5.41) is 0. The van der Waals surface area contributed by atoms with Crippen LogP contribution < -0.4 is 0 Å². The molecule has 0 N–H and O–H groups in total. The van der Waals surface area contributed by atoms with Gasteiger partial charge in [-0.1, -0.05) is 77.0 Å². The lowest BCUT2D eigenvalue weighted by atomic mass is 9.76. The third kappa shape index (κ3) is 6.53. The maximum absolute atomic E-state index is 12.7. The Morgan fingerprint density at radius 3 is 1.52 bits per heavy atom. The molecule has 0 saturated heterocycles. The number of carbonyl (C=O) groups is 1. The molecule has 0 aromatic carbocycles. The van der Waals surface area contributed by atoms with Crippen molar-refractivity contribution in [1.82, 2.24) is 0 Å². The fraction of sp³-hybridized carbons (Fsp3) is 0.950. The smallest absolute Gasteiger partial charge is 0.136 e. The third-order valence-corrected chi connectivity index (χ3v) is 5.82.